The van der Waals surface area contributed by atoms with Crippen molar-refractivity contribution in [1.82, 2.24) is 9.97 Å². The van der Waals surface area contributed by atoms with E-state index in [-0.39, 0.29) is 36.1 Å². The van der Waals surface area contributed by atoms with Crippen molar-refractivity contribution in [1.29, 1.82) is 0 Å². The smallest absolute Gasteiger partial charge is 0.310 e. The Labute approximate surface area is 316 Å². The summed E-state index contributed by atoms with van der Waals surface area (Å²) in [4.78, 5) is 32.1. The normalized spacial score (nSPS) is 11.7. The first-order valence-electron chi connectivity index (χ1n) is 18.0. The van der Waals surface area contributed by atoms with Crippen LogP contribution in [0.4, 0.5) is 17.6 Å². The Kier molecular flexibility index (Phi) is 14.7. The Morgan fingerprint density at radius 1 is 0.667 bits per heavy atom. The molecule has 2 aromatic carbocycles. The number of hydrogen-bond acceptors (Lipinski definition) is 7. The molecule has 1 N–H and O–H groups in total. The minimum atomic E-state index is -0.684. The number of aliphatic hydroxyl groups is 1. The lowest BCUT2D eigenvalue weighted by Crippen LogP contribution is -2.25. The van der Waals surface area contributed by atoms with Crippen molar-refractivity contribution in [3.05, 3.63) is 106 Å². The first-order chi connectivity index (χ1) is 25.1. The lowest BCUT2D eigenvalue weighted by molar-refractivity contribution is -0.155. The van der Waals surface area contributed by atoms with Gasteiger partial charge in [0.15, 0.2) is 0 Å². The predicted molar refractivity (Wildman–Crippen MR) is 202 cm³/mol. The van der Waals surface area contributed by atoms with Crippen LogP contribution in [0.15, 0.2) is 48.8 Å². The Bertz CT molecular complexity index is 1820. The van der Waals surface area contributed by atoms with Crippen LogP contribution >= 0.6 is 0 Å². The number of carbonyl (C=O) groups excluding carboxylic acids is 2. The van der Waals surface area contributed by atoms with Gasteiger partial charge in [-0.15, -0.1) is 0 Å². The lowest BCUT2D eigenvalue weighted by Gasteiger charge is -2.23. The summed E-state index contributed by atoms with van der Waals surface area (Å²) in [5, 5.41) is 9.56. The molecule has 2 aromatic heterocycles. The van der Waals surface area contributed by atoms with E-state index in [0.717, 1.165) is 0 Å². The van der Waals surface area contributed by atoms with Gasteiger partial charge in [-0.1, -0.05) is 34.6 Å². The minimum absolute atomic E-state index is 0.0784. The van der Waals surface area contributed by atoms with Gasteiger partial charge in [-0.2, -0.15) is 8.78 Å². The summed E-state index contributed by atoms with van der Waals surface area (Å²) in [6.45, 7) is 19.3. The maximum Gasteiger partial charge on any atom is 0.310 e. The second kappa shape index (κ2) is 18.1. The summed E-state index contributed by atoms with van der Waals surface area (Å²) >= 11 is 0. The molecular formula is C43H52F4N2O5. The zero-order chi connectivity index (χ0) is 40.7. The molecule has 0 radical (unpaired) electrons. The second-order valence-electron chi connectivity index (χ2n) is 15.7. The lowest BCUT2D eigenvalue weighted by atomic mass is 9.85. The van der Waals surface area contributed by atoms with E-state index in [1.54, 1.807) is 73.6 Å². The first kappa shape index (κ1) is 43.8. The van der Waals surface area contributed by atoms with Crippen molar-refractivity contribution >= 4 is 11.9 Å². The molecule has 2 heterocycles. The minimum Gasteiger partial charge on any atom is -0.460 e. The third kappa shape index (κ3) is 11.7. The monoisotopic (exact) mass is 752 g/mol. The molecule has 0 atom stereocenters. The van der Waals surface area contributed by atoms with E-state index in [1.807, 2.05) is 20.8 Å². The molecule has 0 unspecified atom stereocenters. The number of rotatable bonds is 10. The van der Waals surface area contributed by atoms with Gasteiger partial charge in [0.2, 0.25) is 11.9 Å². The highest BCUT2D eigenvalue weighted by molar-refractivity contribution is 5.81. The van der Waals surface area contributed by atoms with Crippen molar-refractivity contribution in [3.8, 4) is 22.3 Å². The van der Waals surface area contributed by atoms with Crippen LogP contribution in [-0.2, 0) is 44.9 Å². The summed E-state index contributed by atoms with van der Waals surface area (Å²) in [7, 11) is 0. The molecule has 0 saturated carbocycles. The Morgan fingerprint density at radius 3 is 1.35 bits per heavy atom. The quantitative estimate of drug-likeness (QED) is 0.0978. The summed E-state index contributed by atoms with van der Waals surface area (Å²) in [5.41, 5.74) is 3.24. The summed E-state index contributed by atoms with van der Waals surface area (Å²) in [5.74, 6) is -3.49. The molecule has 11 heteroatoms. The molecule has 0 fully saturated rings. The summed E-state index contributed by atoms with van der Waals surface area (Å²) in [6.07, 6.45) is 2.93. The van der Waals surface area contributed by atoms with Gasteiger partial charge >= 0.3 is 11.9 Å². The van der Waals surface area contributed by atoms with E-state index < -0.39 is 47.5 Å². The Balaban J connectivity index is 0.000000290. The largest absolute Gasteiger partial charge is 0.460 e. The zero-order valence-corrected chi connectivity index (χ0v) is 33.1. The zero-order valence-electron chi connectivity index (χ0n) is 33.1. The summed E-state index contributed by atoms with van der Waals surface area (Å²) in [6, 6.07) is 8.93. The number of pyridine rings is 2. The second-order valence-corrected chi connectivity index (χ2v) is 15.7. The number of benzene rings is 2. The Hall–Kier alpha value is -4.64. The van der Waals surface area contributed by atoms with Gasteiger partial charge in [0.1, 0.15) is 22.8 Å². The number of aliphatic hydroxyl groups excluding tert-OH is 1. The highest BCUT2D eigenvalue weighted by atomic mass is 19.1. The molecule has 292 valence electrons. The molecule has 0 amide bonds. The average molecular weight is 753 g/mol. The van der Waals surface area contributed by atoms with Crippen molar-refractivity contribution in [3.63, 3.8) is 0 Å². The number of hydrogen-bond donors (Lipinski definition) is 1. The van der Waals surface area contributed by atoms with Crippen LogP contribution < -0.4 is 0 Å². The van der Waals surface area contributed by atoms with Gasteiger partial charge in [0.05, 0.1) is 19.4 Å². The van der Waals surface area contributed by atoms with Crippen molar-refractivity contribution in [2.24, 2.45) is 0 Å². The van der Waals surface area contributed by atoms with E-state index in [2.05, 4.69) is 9.97 Å². The number of aromatic nitrogens is 2. The number of aryl methyl sites for hydroxylation is 1. The topological polar surface area (TPSA) is 98.6 Å². The van der Waals surface area contributed by atoms with Crippen LogP contribution in [0.3, 0.4) is 0 Å². The molecule has 4 rings (SSSR count). The van der Waals surface area contributed by atoms with Gasteiger partial charge in [-0.25, -0.2) is 18.7 Å². The third-order valence-electron chi connectivity index (χ3n) is 8.24. The first-order valence-corrected chi connectivity index (χ1v) is 18.0. The molecule has 0 bridgehead atoms. The Morgan fingerprint density at radius 2 is 1.04 bits per heavy atom. The molecule has 54 heavy (non-hydrogen) atoms. The van der Waals surface area contributed by atoms with Crippen LogP contribution in [-0.4, -0.2) is 38.2 Å². The van der Waals surface area contributed by atoms with Gasteiger partial charge in [0.25, 0.3) is 0 Å². The summed E-state index contributed by atoms with van der Waals surface area (Å²) < 4.78 is 68.3. The molecule has 4 aromatic rings. The van der Waals surface area contributed by atoms with Crippen molar-refractivity contribution in [2.45, 2.75) is 125 Å². The highest BCUT2D eigenvalue weighted by Gasteiger charge is 2.27. The molecule has 0 aliphatic carbocycles. The van der Waals surface area contributed by atoms with Crippen LogP contribution in [0.5, 0.6) is 0 Å². The molecular weight excluding hydrogens is 700 g/mol. The van der Waals surface area contributed by atoms with Crippen LogP contribution in [0.25, 0.3) is 22.3 Å². The van der Waals surface area contributed by atoms with E-state index in [4.69, 9.17) is 9.47 Å². The van der Waals surface area contributed by atoms with Gasteiger partial charge in [-0.05, 0) is 134 Å². The maximum atomic E-state index is 15.1. The number of halogens is 4. The van der Waals surface area contributed by atoms with Crippen molar-refractivity contribution in [2.75, 3.05) is 0 Å². The van der Waals surface area contributed by atoms with E-state index in [9.17, 15) is 27.9 Å². The fraction of sp³-hybridized carbons (Fsp3) is 0.442. The number of esters is 2. The van der Waals surface area contributed by atoms with Crippen LogP contribution in [0, 0.1) is 23.5 Å². The van der Waals surface area contributed by atoms with Gasteiger partial charge in [-0.3, -0.25) is 9.59 Å². The number of ether oxygens (including phenoxy) is 2. The average Bonchev–Trinajstić information content (AvgIpc) is 3.03. The number of carbonyl (C=O) groups is 2. The van der Waals surface area contributed by atoms with Crippen LogP contribution in [0.2, 0.25) is 0 Å². The highest BCUT2D eigenvalue weighted by Crippen LogP contribution is 2.37. The SMILES string of the molecule is CC(C)c1c(F)c(CO)cc(-c2ccnc(F)c2)c1CC(=O)OC(C)(C)C.CCc1cc(-c2ccnc(F)c2)c(CC(=O)OC(C)(C)C)c(C(C)C)c1F. The standard InChI is InChI=1S/C22H27F2NO2.C21H25F2NO3/c1-7-14-10-16(15-8-9-25-18(23)11-15)17(20(13(2)3)21(14)24)12-19(26)27-22(4,5)6;1-12(2)19-16(10-18(26)27-21(3,4)5)15(8-14(11-25)20(19)23)13-6-7-24-17(22)9-13/h8-11,13H,7,12H2,1-6H3;6-9,12,25H,10-11H2,1-5H3. The van der Waals surface area contributed by atoms with Gasteiger partial charge < -0.3 is 14.6 Å². The third-order valence-corrected chi connectivity index (χ3v) is 8.24. The van der Waals surface area contributed by atoms with Crippen molar-refractivity contribution < 1.29 is 41.7 Å². The molecule has 0 aliphatic rings. The number of nitrogens with zero attached hydrogens (tertiary/aromatic N) is 2. The predicted octanol–water partition coefficient (Wildman–Crippen LogP) is 10.1. The molecule has 0 spiro atoms. The van der Waals surface area contributed by atoms with E-state index >= 15 is 4.39 Å². The molecule has 0 saturated heterocycles. The van der Waals surface area contributed by atoms with Gasteiger partial charge in [0, 0.05) is 30.1 Å². The van der Waals surface area contributed by atoms with E-state index in [1.165, 1.54) is 30.6 Å². The maximum absolute atomic E-state index is 15.1. The van der Waals surface area contributed by atoms with Crippen LogP contribution in [0.1, 0.15) is 121 Å². The molecule has 0 aliphatic heterocycles. The van der Waals surface area contributed by atoms with E-state index in [0.29, 0.717) is 56.5 Å². The fourth-order valence-electron chi connectivity index (χ4n) is 6.21. The molecule has 7 nitrogen and oxygen atoms in total. The fourth-order valence-corrected chi connectivity index (χ4v) is 6.21.